The number of rotatable bonds is 4. The topological polar surface area (TPSA) is 109 Å². The molecule has 2 aromatic rings. The van der Waals surface area contributed by atoms with Crippen LogP contribution in [-0.4, -0.2) is 62.2 Å². The molecule has 3 aliphatic carbocycles. The summed E-state index contributed by atoms with van der Waals surface area (Å²) in [7, 11) is -7.75. The number of piperidine rings is 2. The zero-order valence-corrected chi connectivity index (χ0v) is 25.5. The quantitative estimate of drug-likeness (QED) is 0.404. The van der Waals surface area contributed by atoms with E-state index in [1.54, 1.807) is 8.61 Å². The Labute approximate surface area is 248 Å². The monoisotopic (exact) mass is 610 g/mol. The first-order chi connectivity index (χ1) is 20.2. The van der Waals surface area contributed by atoms with Gasteiger partial charge in [-0.25, -0.2) is 16.8 Å². The molecule has 2 saturated heterocycles. The molecule has 4 unspecified atom stereocenters. The minimum Gasteiger partial charge on any atom is -0.289 e. The van der Waals surface area contributed by atoms with Gasteiger partial charge in [0, 0.05) is 47.4 Å². The molecule has 2 aliphatic heterocycles. The van der Waals surface area contributed by atoms with Crippen molar-refractivity contribution < 1.29 is 26.4 Å². The molecule has 224 valence electrons. The molecule has 0 bridgehead atoms. The Morgan fingerprint density at radius 1 is 0.500 bits per heavy atom. The van der Waals surface area contributed by atoms with Gasteiger partial charge in [-0.3, -0.25) is 9.59 Å². The number of carbonyl (C=O) groups is 2. The third kappa shape index (κ3) is 4.52. The zero-order chi connectivity index (χ0) is 29.2. The van der Waals surface area contributed by atoms with E-state index in [1.165, 1.54) is 36.4 Å². The van der Waals surface area contributed by atoms with Gasteiger partial charge in [0.2, 0.25) is 20.0 Å². The van der Waals surface area contributed by atoms with Gasteiger partial charge >= 0.3 is 0 Å². The van der Waals surface area contributed by atoms with Gasteiger partial charge in [-0.1, -0.05) is 25.7 Å². The second-order valence-corrected chi connectivity index (χ2v) is 16.6. The van der Waals surface area contributed by atoms with Gasteiger partial charge in [0.25, 0.3) is 0 Å². The van der Waals surface area contributed by atoms with Gasteiger partial charge in [0.1, 0.15) is 0 Å². The fourth-order valence-corrected chi connectivity index (χ4v) is 12.0. The van der Waals surface area contributed by atoms with Crippen LogP contribution in [0.15, 0.2) is 46.2 Å². The maximum atomic E-state index is 13.9. The molecule has 8 nitrogen and oxygen atoms in total. The van der Waals surface area contributed by atoms with Crippen molar-refractivity contribution in [2.45, 2.75) is 98.9 Å². The van der Waals surface area contributed by atoms with E-state index in [2.05, 4.69) is 0 Å². The number of carbonyl (C=O) groups excluding carboxylic acids is 2. The van der Waals surface area contributed by atoms with Crippen LogP contribution in [0.25, 0.3) is 0 Å². The molecular weight excluding hydrogens is 572 g/mol. The smallest absolute Gasteiger partial charge is 0.243 e. The molecule has 7 rings (SSSR count). The first-order valence-corrected chi connectivity index (χ1v) is 18.5. The molecular formula is C32H38N2O6S2. The Hall–Kier alpha value is -2.40. The molecule has 2 aromatic carbocycles. The summed E-state index contributed by atoms with van der Waals surface area (Å²) < 4.78 is 58.8. The number of ketones is 2. The molecule has 0 radical (unpaired) electrons. The highest BCUT2D eigenvalue weighted by atomic mass is 32.2. The Bertz CT molecular complexity index is 1540. The molecule has 0 N–H and O–H groups in total. The molecule has 4 fully saturated rings. The summed E-state index contributed by atoms with van der Waals surface area (Å²) in [4.78, 5) is 27.4. The molecule has 4 atom stereocenters. The van der Waals surface area contributed by atoms with E-state index in [-0.39, 0.29) is 44.1 Å². The molecule has 2 saturated carbocycles. The van der Waals surface area contributed by atoms with Crippen molar-refractivity contribution in [3.8, 4) is 0 Å². The highest BCUT2D eigenvalue weighted by molar-refractivity contribution is 7.89. The Balaban J connectivity index is 1.23. The predicted octanol–water partition coefficient (Wildman–Crippen LogP) is 5.15. The SMILES string of the molecule is O=C1c2ccc(S(=O)(=O)N3CCCC4CCCCC43)cc2C(=O)c2cc(S(=O)(=O)N3CCCC4CCCCC43)ccc21. The summed E-state index contributed by atoms with van der Waals surface area (Å²) in [5.74, 6) is -0.196. The van der Waals surface area contributed by atoms with Crippen LogP contribution in [0, 0.1) is 11.8 Å². The van der Waals surface area contributed by atoms with Gasteiger partial charge < -0.3 is 0 Å². The second-order valence-electron chi connectivity index (χ2n) is 12.8. The fourth-order valence-electron chi connectivity index (χ4n) is 8.46. The maximum Gasteiger partial charge on any atom is 0.243 e. The minimum absolute atomic E-state index is 0.0116. The van der Waals surface area contributed by atoms with E-state index in [0.717, 1.165) is 77.0 Å². The van der Waals surface area contributed by atoms with E-state index in [0.29, 0.717) is 24.9 Å². The third-order valence-electron chi connectivity index (χ3n) is 10.6. The lowest BCUT2D eigenvalue weighted by Gasteiger charge is -2.43. The van der Waals surface area contributed by atoms with Gasteiger partial charge in [0.15, 0.2) is 11.6 Å². The lowest BCUT2D eigenvalue weighted by Crippen LogP contribution is -2.49. The molecule has 5 aliphatic rings. The van der Waals surface area contributed by atoms with Gasteiger partial charge in [-0.2, -0.15) is 8.61 Å². The molecule has 10 heteroatoms. The van der Waals surface area contributed by atoms with Crippen molar-refractivity contribution in [3.05, 3.63) is 58.7 Å². The number of benzene rings is 2. The van der Waals surface area contributed by atoms with Crippen LogP contribution in [-0.2, 0) is 20.0 Å². The van der Waals surface area contributed by atoms with Crippen LogP contribution < -0.4 is 0 Å². The van der Waals surface area contributed by atoms with Crippen molar-refractivity contribution in [2.75, 3.05) is 13.1 Å². The summed E-state index contributed by atoms with van der Waals surface area (Å²) in [6.07, 6.45) is 11.7. The van der Waals surface area contributed by atoms with Crippen molar-refractivity contribution in [1.82, 2.24) is 8.61 Å². The second kappa shape index (κ2) is 10.6. The molecule has 0 spiro atoms. The summed E-state index contributed by atoms with van der Waals surface area (Å²) in [5, 5.41) is 0. The minimum atomic E-state index is -3.87. The van der Waals surface area contributed by atoms with E-state index >= 15 is 0 Å². The van der Waals surface area contributed by atoms with Gasteiger partial charge in [-0.05, 0) is 99.6 Å². The first-order valence-electron chi connectivity index (χ1n) is 15.6. The Morgan fingerprint density at radius 3 is 1.33 bits per heavy atom. The lowest BCUT2D eigenvalue weighted by atomic mass is 9.79. The number of fused-ring (bicyclic) bond motifs is 4. The van der Waals surface area contributed by atoms with Crippen molar-refractivity contribution in [3.63, 3.8) is 0 Å². The largest absolute Gasteiger partial charge is 0.289 e. The number of hydrogen-bond acceptors (Lipinski definition) is 6. The normalized spacial score (nSPS) is 28.9. The van der Waals surface area contributed by atoms with E-state index in [1.807, 2.05) is 0 Å². The number of sulfonamides is 2. The predicted molar refractivity (Wildman–Crippen MR) is 157 cm³/mol. The molecule has 2 heterocycles. The van der Waals surface area contributed by atoms with E-state index < -0.39 is 31.6 Å². The molecule has 42 heavy (non-hydrogen) atoms. The average Bonchev–Trinajstić information content (AvgIpc) is 3.02. The van der Waals surface area contributed by atoms with Crippen LogP contribution >= 0.6 is 0 Å². The van der Waals surface area contributed by atoms with Crippen molar-refractivity contribution in [1.29, 1.82) is 0 Å². The van der Waals surface area contributed by atoms with Crippen LogP contribution in [0.2, 0.25) is 0 Å². The molecule has 0 aromatic heterocycles. The highest BCUT2D eigenvalue weighted by Crippen LogP contribution is 2.41. The van der Waals surface area contributed by atoms with E-state index in [9.17, 15) is 26.4 Å². The fraction of sp³-hybridized carbons (Fsp3) is 0.562. The van der Waals surface area contributed by atoms with Crippen LogP contribution in [0.1, 0.15) is 109 Å². The van der Waals surface area contributed by atoms with Crippen molar-refractivity contribution in [2.24, 2.45) is 11.8 Å². The van der Waals surface area contributed by atoms with Gasteiger partial charge in [0.05, 0.1) is 9.79 Å². The number of nitrogens with zero attached hydrogens (tertiary/aromatic N) is 2. The summed E-state index contributed by atoms with van der Waals surface area (Å²) in [6, 6.07) is 8.36. The Morgan fingerprint density at radius 2 is 0.881 bits per heavy atom. The van der Waals surface area contributed by atoms with Crippen molar-refractivity contribution >= 4 is 31.6 Å². The molecule has 0 amide bonds. The summed E-state index contributed by atoms with van der Waals surface area (Å²) in [5.41, 5.74) is 0.339. The van der Waals surface area contributed by atoms with Crippen LogP contribution in [0.3, 0.4) is 0 Å². The summed E-state index contributed by atoms with van der Waals surface area (Å²) in [6.45, 7) is 0.908. The average molecular weight is 611 g/mol. The highest BCUT2D eigenvalue weighted by Gasteiger charge is 2.43. The standard InChI is InChI=1S/C32H38N2O6S2/c35-31-25-15-13-23(41(37,38)33-17-5-9-21-7-1-3-11-29(21)33)19-27(25)32(36)28-20-24(14-16-26(28)31)42(39,40)34-18-6-10-22-8-2-4-12-30(22)34/h13-16,19-22,29-30H,1-12,17-18H2. The third-order valence-corrected chi connectivity index (χ3v) is 14.4. The van der Waals surface area contributed by atoms with Gasteiger partial charge in [-0.15, -0.1) is 0 Å². The van der Waals surface area contributed by atoms with E-state index in [4.69, 9.17) is 0 Å². The Kier molecular flexibility index (Phi) is 7.19. The zero-order valence-electron chi connectivity index (χ0n) is 23.8. The first kappa shape index (κ1) is 28.4. The lowest BCUT2D eigenvalue weighted by molar-refractivity contribution is 0.0978. The van der Waals surface area contributed by atoms with Crippen LogP contribution in [0.5, 0.6) is 0 Å². The summed E-state index contributed by atoms with van der Waals surface area (Å²) >= 11 is 0. The number of hydrogen-bond donors (Lipinski definition) is 0. The maximum absolute atomic E-state index is 13.9. The van der Waals surface area contributed by atoms with Crippen LogP contribution in [0.4, 0.5) is 0 Å².